The Balaban J connectivity index is 2.42. The lowest BCUT2D eigenvalue weighted by Gasteiger charge is -2.11. The van der Waals surface area contributed by atoms with Gasteiger partial charge in [0, 0.05) is 4.47 Å². The van der Waals surface area contributed by atoms with Gasteiger partial charge in [-0.25, -0.2) is 26.4 Å². The summed E-state index contributed by atoms with van der Waals surface area (Å²) in [6.45, 7) is 0. The SMILES string of the molecule is NS(=O)(=O)c1ccc(NS(=O)(=O)c2ccc(F)cc2Cl)c(Br)c1. The second-order valence-electron chi connectivity index (χ2n) is 4.37. The standard InChI is InChI=1S/C12H9BrClFN2O4S2/c13-9-6-8(22(16,18)19)2-3-11(9)17-23(20,21)12-4-1-7(15)5-10(12)14/h1-6,17H,(H2,16,18,19). The molecule has 0 saturated heterocycles. The molecule has 0 fully saturated rings. The molecule has 0 aliphatic rings. The molecule has 0 heterocycles. The van der Waals surface area contributed by atoms with Gasteiger partial charge in [-0.3, -0.25) is 4.72 Å². The first kappa shape index (κ1) is 18.1. The third kappa shape index (κ3) is 4.21. The largest absolute Gasteiger partial charge is 0.278 e. The van der Waals surface area contributed by atoms with E-state index in [2.05, 4.69) is 20.7 Å². The molecule has 6 nitrogen and oxygen atoms in total. The second kappa shape index (κ2) is 6.36. The number of benzene rings is 2. The maximum Gasteiger partial charge on any atom is 0.263 e. The lowest BCUT2D eigenvalue weighted by Crippen LogP contribution is -2.15. The lowest BCUT2D eigenvalue weighted by molar-refractivity contribution is 0.597. The van der Waals surface area contributed by atoms with Crippen molar-refractivity contribution in [2.45, 2.75) is 9.79 Å². The van der Waals surface area contributed by atoms with E-state index in [-0.39, 0.29) is 25.0 Å². The Bertz CT molecular complexity index is 981. The molecule has 0 amide bonds. The minimum absolute atomic E-state index is 0.0674. The first-order chi connectivity index (χ1) is 10.5. The fraction of sp³-hybridized carbons (Fsp3) is 0. The topological polar surface area (TPSA) is 106 Å². The second-order valence-corrected chi connectivity index (χ2v) is 8.84. The molecule has 2 aromatic rings. The van der Waals surface area contributed by atoms with E-state index >= 15 is 0 Å². The molecule has 0 bridgehead atoms. The van der Waals surface area contributed by atoms with Gasteiger partial charge in [0.15, 0.2) is 0 Å². The minimum Gasteiger partial charge on any atom is -0.278 e. The highest BCUT2D eigenvalue weighted by Crippen LogP contribution is 2.29. The first-order valence-electron chi connectivity index (χ1n) is 5.81. The van der Waals surface area contributed by atoms with Crippen molar-refractivity contribution >= 4 is 53.3 Å². The molecule has 0 aliphatic carbocycles. The van der Waals surface area contributed by atoms with Gasteiger partial charge in [0.2, 0.25) is 10.0 Å². The summed E-state index contributed by atoms with van der Waals surface area (Å²) in [5.74, 6) is -0.673. The summed E-state index contributed by atoms with van der Waals surface area (Å²) in [7, 11) is -8.01. The highest BCUT2D eigenvalue weighted by molar-refractivity contribution is 9.10. The highest BCUT2D eigenvalue weighted by atomic mass is 79.9. The van der Waals surface area contributed by atoms with E-state index in [1.54, 1.807) is 0 Å². The Hall–Kier alpha value is -1.20. The molecule has 2 aromatic carbocycles. The van der Waals surface area contributed by atoms with Crippen molar-refractivity contribution in [1.82, 2.24) is 0 Å². The van der Waals surface area contributed by atoms with Gasteiger partial charge in [-0.1, -0.05) is 11.6 Å². The smallest absolute Gasteiger partial charge is 0.263 e. The minimum atomic E-state index is -4.09. The molecule has 3 N–H and O–H groups in total. The van der Waals surface area contributed by atoms with Crippen molar-refractivity contribution in [2.24, 2.45) is 5.14 Å². The third-order valence-electron chi connectivity index (χ3n) is 2.70. The number of hydrogen-bond acceptors (Lipinski definition) is 4. The van der Waals surface area contributed by atoms with Crippen LogP contribution in [0.3, 0.4) is 0 Å². The van der Waals surface area contributed by atoms with Gasteiger partial charge in [-0.05, 0) is 52.3 Å². The number of halogens is 3. The average molecular weight is 444 g/mol. The third-order valence-corrected chi connectivity index (χ3v) is 6.11. The van der Waals surface area contributed by atoms with Gasteiger partial charge in [0.1, 0.15) is 10.7 Å². The number of nitrogens with one attached hydrogen (secondary N) is 1. The van der Waals surface area contributed by atoms with E-state index in [1.807, 2.05) is 0 Å². The zero-order valence-corrected chi connectivity index (χ0v) is 15.1. The van der Waals surface area contributed by atoms with Crippen molar-refractivity contribution < 1.29 is 21.2 Å². The molecule has 11 heteroatoms. The van der Waals surface area contributed by atoms with Crippen molar-refractivity contribution in [3.05, 3.63) is 51.7 Å². The van der Waals surface area contributed by atoms with Crippen LogP contribution in [0.15, 0.2) is 50.7 Å². The van der Waals surface area contributed by atoms with Crippen LogP contribution in [-0.2, 0) is 20.0 Å². The van der Waals surface area contributed by atoms with Crippen LogP contribution in [-0.4, -0.2) is 16.8 Å². The molecule has 124 valence electrons. The zero-order valence-electron chi connectivity index (χ0n) is 11.1. The average Bonchev–Trinajstić information content (AvgIpc) is 2.39. The van der Waals surface area contributed by atoms with E-state index in [0.29, 0.717) is 0 Å². The van der Waals surface area contributed by atoms with Crippen LogP contribution in [0.4, 0.5) is 10.1 Å². The van der Waals surface area contributed by atoms with Gasteiger partial charge in [0.05, 0.1) is 15.6 Å². The summed E-state index contributed by atoms with van der Waals surface area (Å²) in [4.78, 5) is -0.505. The van der Waals surface area contributed by atoms with E-state index in [0.717, 1.165) is 30.3 Å². The number of nitrogens with two attached hydrogens (primary N) is 1. The fourth-order valence-corrected chi connectivity index (χ4v) is 4.56. The molecule has 0 aliphatic heterocycles. The number of anilines is 1. The summed E-state index contributed by atoms with van der Waals surface area (Å²) in [6.07, 6.45) is 0. The zero-order chi connectivity index (χ0) is 17.4. The van der Waals surface area contributed by atoms with Gasteiger partial charge >= 0.3 is 0 Å². The Morgan fingerprint density at radius 1 is 1.09 bits per heavy atom. The molecule has 0 atom stereocenters. The molecular formula is C12H9BrClFN2O4S2. The van der Waals surface area contributed by atoms with Crippen LogP contribution in [0.2, 0.25) is 5.02 Å². The Morgan fingerprint density at radius 2 is 1.74 bits per heavy atom. The van der Waals surface area contributed by atoms with Crippen LogP contribution in [0.1, 0.15) is 0 Å². The van der Waals surface area contributed by atoms with Crippen molar-refractivity contribution in [3.8, 4) is 0 Å². The van der Waals surface area contributed by atoms with E-state index < -0.39 is 25.9 Å². The van der Waals surface area contributed by atoms with E-state index in [9.17, 15) is 21.2 Å². The van der Waals surface area contributed by atoms with Gasteiger partial charge in [-0.2, -0.15) is 0 Å². The first-order valence-corrected chi connectivity index (χ1v) is 10.0. The molecule has 0 aromatic heterocycles. The molecule has 0 unspecified atom stereocenters. The summed E-state index contributed by atoms with van der Waals surface area (Å²) in [6, 6.07) is 6.37. The van der Waals surface area contributed by atoms with Gasteiger partial charge in [0.25, 0.3) is 10.0 Å². The predicted molar refractivity (Wildman–Crippen MR) is 87.7 cm³/mol. The molecule has 0 radical (unpaired) electrons. The molecule has 0 spiro atoms. The molecule has 0 saturated carbocycles. The Labute approximate surface area is 145 Å². The summed E-state index contributed by atoms with van der Waals surface area (Å²) in [5.41, 5.74) is 0.0674. The maximum absolute atomic E-state index is 13.0. The van der Waals surface area contributed by atoms with Crippen LogP contribution in [0.5, 0.6) is 0 Å². The lowest BCUT2D eigenvalue weighted by atomic mass is 10.3. The van der Waals surface area contributed by atoms with Gasteiger partial charge < -0.3 is 0 Å². The predicted octanol–water partition coefficient (Wildman–Crippen LogP) is 2.69. The maximum atomic E-state index is 13.0. The summed E-state index contributed by atoms with van der Waals surface area (Å²) in [5, 5.41) is 4.71. The van der Waals surface area contributed by atoms with Crippen LogP contribution >= 0.6 is 27.5 Å². The van der Waals surface area contributed by atoms with Crippen LogP contribution in [0.25, 0.3) is 0 Å². The highest BCUT2D eigenvalue weighted by Gasteiger charge is 2.20. The normalized spacial score (nSPS) is 12.2. The summed E-state index contributed by atoms with van der Waals surface area (Å²) < 4.78 is 62.5. The fourth-order valence-electron chi connectivity index (χ4n) is 1.65. The number of sulfonamides is 2. The summed E-state index contributed by atoms with van der Waals surface area (Å²) >= 11 is 8.79. The van der Waals surface area contributed by atoms with Gasteiger partial charge in [-0.15, -0.1) is 0 Å². The Morgan fingerprint density at radius 3 is 2.26 bits per heavy atom. The monoisotopic (exact) mass is 442 g/mol. The van der Waals surface area contributed by atoms with Crippen molar-refractivity contribution in [2.75, 3.05) is 4.72 Å². The molecule has 2 rings (SSSR count). The van der Waals surface area contributed by atoms with E-state index in [4.69, 9.17) is 16.7 Å². The molecule has 23 heavy (non-hydrogen) atoms. The van der Waals surface area contributed by atoms with E-state index in [1.165, 1.54) is 6.07 Å². The molecular weight excluding hydrogens is 435 g/mol. The quantitative estimate of drug-likeness (QED) is 0.757. The van der Waals surface area contributed by atoms with Crippen LogP contribution in [0, 0.1) is 5.82 Å². The Kier molecular flexibility index (Phi) is 5.02. The number of primary sulfonamides is 1. The van der Waals surface area contributed by atoms with Crippen molar-refractivity contribution in [3.63, 3.8) is 0 Å². The number of hydrogen-bond donors (Lipinski definition) is 2. The van der Waals surface area contributed by atoms with Crippen molar-refractivity contribution in [1.29, 1.82) is 0 Å². The van der Waals surface area contributed by atoms with Crippen LogP contribution < -0.4 is 9.86 Å². The number of rotatable bonds is 4.